The highest BCUT2D eigenvalue weighted by Gasteiger charge is 2.22. The van der Waals surface area contributed by atoms with E-state index in [1.165, 1.54) is 6.07 Å². The van der Waals surface area contributed by atoms with Crippen molar-refractivity contribution in [2.24, 2.45) is 0 Å². The molecule has 0 unspecified atom stereocenters. The maximum atomic E-state index is 14.9. The second kappa shape index (κ2) is 7.80. The van der Waals surface area contributed by atoms with Crippen LogP contribution in [0.25, 0.3) is 16.9 Å². The van der Waals surface area contributed by atoms with E-state index in [1.54, 1.807) is 29.4 Å². The van der Waals surface area contributed by atoms with Gasteiger partial charge in [0.15, 0.2) is 5.69 Å². The fraction of sp³-hybridized carbons (Fsp3) is 0.238. The van der Waals surface area contributed by atoms with E-state index in [9.17, 15) is 9.18 Å². The van der Waals surface area contributed by atoms with Gasteiger partial charge in [-0.2, -0.15) is 9.50 Å². The van der Waals surface area contributed by atoms with E-state index in [4.69, 9.17) is 4.74 Å². The van der Waals surface area contributed by atoms with E-state index in [0.29, 0.717) is 43.3 Å². The monoisotopic (exact) mass is 422 g/mol. The molecule has 158 valence electrons. The lowest BCUT2D eigenvalue weighted by atomic mass is 10.1. The lowest BCUT2D eigenvalue weighted by molar-refractivity contribution is -0.498. The van der Waals surface area contributed by atoms with E-state index in [0.717, 1.165) is 17.0 Å². The first-order chi connectivity index (χ1) is 15.1. The molecule has 3 N–H and O–H groups in total. The predicted octanol–water partition coefficient (Wildman–Crippen LogP) is 2.20. The molecule has 4 heterocycles. The van der Waals surface area contributed by atoms with Gasteiger partial charge in [-0.05, 0) is 25.1 Å². The van der Waals surface area contributed by atoms with Gasteiger partial charge >= 0.3 is 5.65 Å². The van der Waals surface area contributed by atoms with Gasteiger partial charge in [-0.3, -0.25) is 9.89 Å². The lowest BCUT2D eigenvalue weighted by Gasteiger charge is -2.27. The number of benzene rings is 1. The van der Waals surface area contributed by atoms with Crippen LogP contribution < -0.4 is 9.72 Å². The van der Waals surface area contributed by atoms with Crippen LogP contribution in [-0.2, 0) is 4.74 Å². The molecule has 10 heteroatoms. The van der Waals surface area contributed by atoms with Crippen LogP contribution in [0.3, 0.4) is 0 Å². The average Bonchev–Trinajstić information content (AvgIpc) is 3.45. The number of ether oxygens (including phenoxy) is 1. The number of fused-ring (bicyclic) bond motifs is 1. The largest absolute Gasteiger partial charge is 0.378 e. The third-order valence-electron chi connectivity index (χ3n) is 5.24. The smallest absolute Gasteiger partial charge is 0.328 e. The van der Waals surface area contributed by atoms with Crippen LogP contribution in [0.4, 0.5) is 15.9 Å². The Hall–Kier alpha value is -3.79. The number of morpholine rings is 1. The van der Waals surface area contributed by atoms with E-state index in [1.807, 2.05) is 23.7 Å². The summed E-state index contributed by atoms with van der Waals surface area (Å²) >= 11 is 0. The number of nitrogens with one attached hydrogen (secondary N) is 3. The minimum atomic E-state index is -0.526. The minimum Gasteiger partial charge on any atom is -0.378 e. The first-order valence-electron chi connectivity index (χ1n) is 9.93. The fourth-order valence-corrected chi connectivity index (χ4v) is 3.68. The summed E-state index contributed by atoms with van der Waals surface area (Å²) < 4.78 is 22.1. The summed E-state index contributed by atoms with van der Waals surface area (Å²) in [5.41, 5.74) is 3.77. The molecule has 9 nitrogen and oxygen atoms in total. The SMILES string of the molecule is Cc1c[n+]2c(-c3cn[nH]c3)c[nH]c2c(Nc2ccc(C(=O)N3CCOCC3)cc2F)n1. The van der Waals surface area contributed by atoms with Gasteiger partial charge in [0.1, 0.15) is 18.2 Å². The summed E-state index contributed by atoms with van der Waals surface area (Å²) in [6.45, 7) is 3.88. The van der Waals surface area contributed by atoms with Crippen molar-refractivity contribution >= 4 is 23.1 Å². The fourth-order valence-electron chi connectivity index (χ4n) is 3.68. The topological polar surface area (TPSA) is 103 Å². The third kappa shape index (κ3) is 3.61. The zero-order valence-corrected chi connectivity index (χ0v) is 16.9. The molecule has 31 heavy (non-hydrogen) atoms. The second-order valence-corrected chi connectivity index (χ2v) is 7.33. The molecule has 0 spiro atoms. The van der Waals surface area contributed by atoms with Gasteiger partial charge in [0.25, 0.3) is 5.91 Å². The minimum absolute atomic E-state index is 0.200. The van der Waals surface area contributed by atoms with Gasteiger partial charge in [0, 0.05) is 24.8 Å². The Balaban J connectivity index is 1.45. The molecule has 0 atom stereocenters. The maximum Gasteiger partial charge on any atom is 0.328 e. The van der Waals surface area contributed by atoms with Crippen molar-refractivity contribution in [2.75, 3.05) is 31.6 Å². The number of nitrogens with zero attached hydrogens (tertiary/aromatic N) is 4. The second-order valence-electron chi connectivity index (χ2n) is 7.33. The van der Waals surface area contributed by atoms with Gasteiger partial charge in [0.2, 0.25) is 5.82 Å². The van der Waals surface area contributed by atoms with Gasteiger partial charge < -0.3 is 15.0 Å². The standard InChI is InChI=1S/C21H20FN7O2/c1-13-12-29-18(15-9-24-25-10-15)11-23-20(29)19(26-13)27-17-3-2-14(8-16(17)22)21(30)28-4-6-31-7-5-28/h2-3,8-12H,4-7H2,1H3,(H2,24,25,26,27,30)/p+1. The molecular weight excluding hydrogens is 401 g/mol. The van der Waals surface area contributed by atoms with Crippen LogP contribution in [0.15, 0.2) is 43.0 Å². The molecule has 1 saturated heterocycles. The number of hydrogen-bond donors (Lipinski definition) is 3. The van der Waals surface area contributed by atoms with Crippen LogP contribution in [0.5, 0.6) is 0 Å². The highest BCUT2D eigenvalue weighted by atomic mass is 19.1. The van der Waals surface area contributed by atoms with Gasteiger partial charge in [-0.1, -0.05) is 0 Å². The molecule has 1 aliphatic heterocycles. The van der Waals surface area contributed by atoms with Crippen LogP contribution in [0, 0.1) is 12.7 Å². The number of rotatable bonds is 4. The van der Waals surface area contributed by atoms with E-state index in [2.05, 4.69) is 25.5 Å². The highest BCUT2D eigenvalue weighted by Crippen LogP contribution is 2.24. The Morgan fingerprint density at radius 1 is 1.29 bits per heavy atom. The molecule has 0 bridgehead atoms. The Kier molecular flexibility index (Phi) is 4.83. The van der Waals surface area contributed by atoms with E-state index < -0.39 is 5.82 Å². The first kappa shape index (κ1) is 19.2. The molecule has 0 saturated carbocycles. The van der Waals surface area contributed by atoms with Crippen molar-refractivity contribution in [3.63, 3.8) is 0 Å². The summed E-state index contributed by atoms with van der Waals surface area (Å²) in [5, 5.41) is 9.85. The summed E-state index contributed by atoms with van der Waals surface area (Å²) in [5.74, 6) is -0.252. The zero-order chi connectivity index (χ0) is 21.4. The van der Waals surface area contributed by atoms with Crippen LogP contribution >= 0.6 is 0 Å². The molecule has 0 radical (unpaired) electrons. The van der Waals surface area contributed by atoms with Gasteiger partial charge in [-0.25, -0.2) is 14.4 Å². The number of H-pyrrole nitrogens is 2. The maximum absolute atomic E-state index is 14.9. The van der Waals surface area contributed by atoms with E-state index in [-0.39, 0.29) is 11.6 Å². The summed E-state index contributed by atoms with van der Waals surface area (Å²) in [7, 11) is 0. The van der Waals surface area contributed by atoms with Crippen LogP contribution in [-0.4, -0.2) is 57.3 Å². The van der Waals surface area contributed by atoms with Gasteiger partial charge in [-0.15, -0.1) is 0 Å². The quantitative estimate of drug-likeness (QED) is 0.438. The van der Waals surface area contributed by atoms with Crippen molar-refractivity contribution in [2.45, 2.75) is 6.92 Å². The molecule has 1 aromatic carbocycles. The number of halogens is 1. The Bertz CT molecular complexity index is 1250. The molecule has 0 aliphatic carbocycles. The Morgan fingerprint density at radius 3 is 2.87 bits per heavy atom. The molecule has 1 amide bonds. The average molecular weight is 422 g/mol. The number of hydrogen-bond acceptors (Lipinski definition) is 5. The van der Waals surface area contributed by atoms with Crippen molar-refractivity contribution in [3.8, 4) is 11.3 Å². The summed E-state index contributed by atoms with van der Waals surface area (Å²) in [6.07, 6.45) is 7.25. The molecule has 1 aliphatic rings. The predicted molar refractivity (Wildman–Crippen MR) is 110 cm³/mol. The lowest BCUT2D eigenvalue weighted by Crippen LogP contribution is -2.40. The van der Waals surface area contributed by atoms with E-state index >= 15 is 0 Å². The molecule has 3 aromatic heterocycles. The third-order valence-corrected chi connectivity index (χ3v) is 5.24. The van der Waals surface area contributed by atoms with Crippen LogP contribution in [0.1, 0.15) is 16.1 Å². The summed E-state index contributed by atoms with van der Waals surface area (Å²) in [6, 6.07) is 4.43. The summed E-state index contributed by atoms with van der Waals surface area (Å²) in [4.78, 5) is 22.0. The van der Waals surface area contributed by atoms with Gasteiger partial charge in [0.05, 0.1) is 36.4 Å². The number of amides is 1. The number of aryl methyl sites for hydroxylation is 1. The first-order valence-corrected chi connectivity index (χ1v) is 9.93. The van der Waals surface area contributed by atoms with Crippen molar-refractivity contribution in [3.05, 3.63) is 60.1 Å². The van der Waals surface area contributed by atoms with Crippen LogP contribution in [0.2, 0.25) is 0 Å². The zero-order valence-electron chi connectivity index (χ0n) is 16.9. The van der Waals surface area contributed by atoms with Crippen molar-refractivity contribution in [1.82, 2.24) is 25.1 Å². The Morgan fingerprint density at radius 2 is 2.13 bits per heavy atom. The normalized spacial score (nSPS) is 14.2. The number of anilines is 2. The number of imidazole rings is 1. The van der Waals surface area contributed by atoms with Crippen molar-refractivity contribution in [1.29, 1.82) is 0 Å². The number of aromatic amines is 2. The Labute approximate surface area is 176 Å². The number of carbonyl (C=O) groups is 1. The highest BCUT2D eigenvalue weighted by molar-refractivity contribution is 5.94. The molecule has 5 rings (SSSR count). The van der Waals surface area contributed by atoms with Crippen molar-refractivity contribution < 1.29 is 18.3 Å². The number of aromatic nitrogens is 5. The molecule has 4 aromatic rings. The number of carbonyl (C=O) groups excluding carboxylic acids is 1. The molecular formula is C21H21FN7O2+. The molecule has 1 fully saturated rings.